The van der Waals surface area contributed by atoms with E-state index in [1.165, 1.54) is 13.8 Å². The Bertz CT molecular complexity index is 316. The average Bonchev–Trinajstić information content (AvgIpc) is 2.03. The molecular formula is C9H16O4S. The SMILES string of the molecule is C=C(C)C(=O)OC(C)S(=O)(=O)CCC. The number of hydrogen-bond donors (Lipinski definition) is 0. The first-order valence-electron chi connectivity index (χ1n) is 4.39. The Balaban J connectivity index is 4.42. The van der Waals surface area contributed by atoms with E-state index in [-0.39, 0.29) is 11.3 Å². The van der Waals surface area contributed by atoms with Crippen molar-refractivity contribution in [3.05, 3.63) is 12.2 Å². The molecule has 4 nitrogen and oxygen atoms in total. The second-order valence-electron chi connectivity index (χ2n) is 3.12. The molecular weight excluding hydrogens is 204 g/mol. The maximum absolute atomic E-state index is 11.4. The van der Waals surface area contributed by atoms with Gasteiger partial charge in [0.1, 0.15) is 0 Å². The quantitative estimate of drug-likeness (QED) is 0.517. The molecule has 14 heavy (non-hydrogen) atoms. The van der Waals surface area contributed by atoms with E-state index in [9.17, 15) is 13.2 Å². The Kier molecular flexibility index (Phi) is 4.83. The van der Waals surface area contributed by atoms with Crippen LogP contribution in [0.4, 0.5) is 0 Å². The third kappa shape index (κ3) is 3.91. The normalized spacial score (nSPS) is 13.4. The molecule has 0 aliphatic rings. The highest BCUT2D eigenvalue weighted by Gasteiger charge is 2.23. The Morgan fingerprint density at radius 1 is 1.50 bits per heavy atom. The highest BCUT2D eigenvalue weighted by atomic mass is 32.2. The van der Waals surface area contributed by atoms with Crippen molar-refractivity contribution in [2.75, 3.05) is 5.75 Å². The fourth-order valence-electron chi connectivity index (χ4n) is 0.775. The van der Waals surface area contributed by atoms with Gasteiger partial charge < -0.3 is 4.74 Å². The highest BCUT2D eigenvalue weighted by molar-refractivity contribution is 7.91. The number of rotatable bonds is 5. The van der Waals surface area contributed by atoms with Crippen LogP contribution in [0.1, 0.15) is 27.2 Å². The van der Waals surface area contributed by atoms with Crippen molar-refractivity contribution < 1.29 is 17.9 Å². The molecule has 0 saturated carbocycles. The molecule has 82 valence electrons. The lowest BCUT2D eigenvalue weighted by atomic mass is 10.4. The van der Waals surface area contributed by atoms with E-state index >= 15 is 0 Å². The smallest absolute Gasteiger partial charge is 0.334 e. The van der Waals surface area contributed by atoms with Crippen molar-refractivity contribution in [1.82, 2.24) is 0 Å². The predicted octanol–water partition coefficient (Wildman–Crippen LogP) is 1.28. The summed E-state index contributed by atoms with van der Waals surface area (Å²) in [7, 11) is -3.32. The molecule has 0 amide bonds. The van der Waals surface area contributed by atoms with E-state index in [0.29, 0.717) is 6.42 Å². The van der Waals surface area contributed by atoms with Gasteiger partial charge in [0.15, 0.2) is 15.3 Å². The molecule has 0 spiro atoms. The number of hydrogen-bond acceptors (Lipinski definition) is 4. The van der Waals surface area contributed by atoms with Gasteiger partial charge in [0.2, 0.25) is 0 Å². The standard InChI is InChI=1S/C9H16O4S/c1-5-6-14(11,12)8(4)13-9(10)7(2)3/h8H,2,5-6H2,1,3-4H3. The molecule has 0 aromatic rings. The van der Waals surface area contributed by atoms with Crippen molar-refractivity contribution >= 4 is 15.8 Å². The summed E-state index contributed by atoms with van der Waals surface area (Å²) in [6.07, 6.45) is 0.511. The number of carbonyl (C=O) groups is 1. The van der Waals surface area contributed by atoms with E-state index in [2.05, 4.69) is 6.58 Å². The summed E-state index contributed by atoms with van der Waals surface area (Å²) in [6.45, 7) is 7.95. The molecule has 0 aliphatic heterocycles. The molecule has 0 aromatic heterocycles. The third-order valence-electron chi connectivity index (χ3n) is 1.62. The first-order valence-corrected chi connectivity index (χ1v) is 6.11. The molecule has 0 saturated heterocycles. The maximum atomic E-state index is 11.4. The van der Waals surface area contributed by atoms with E-state index in [1.54, 1.807) is 6.92 Å². The summed E-state index contributed by atoms with van der Waals surface area (Å²) < 4.78 is 27.5. The van der Waals surface area contributed by atoms with Gasteiger partial charge in [-0.1, -0.05) is 13.5 Å². The molecule has 0 bridgehead atoms. The van der Waals surface area contributed by atoms with E-state index in [1.807, 2.05) is 0 Å². The van der Waals surface area contributed by atoms with E-state index in [0.717, 1.165) is 0 Å². The lowest BCUT2D eigenvalue weighted by Gasteiger charge is -2.13. The van der Waals surface area contributed by atoms with Crippen LogP contribution in [0, 0.1) is 0 Å². The van der Waals surface area contributed by atoms with E-state index in [4.69, 9.17) is 4.74 Å². The number of esters is 1. The highest BCUT2D eigenvalue weighted by Crippen LogP contribution is 2.07. The average molecular weight is 220 g/mol. The molecule has 0 aromatic carbocycles. The van der Waals surface area contributed by atoms with Crippen molar-refractivity contribution in [2.45, 2.75) is 32.6 Å². The van der Waals surface area contributed by atoms with Gasteiger partial charge in [0, 0.05) is 5.57 Å². The van der Waals surface area contributed by atoms with Gasteiger partial charge in [-0.3, -0.25) is 0 Å². The van der Waals surface area contributed by atoms with Crippen molar-refractivity contribution in [3.63, 3.8) is 0 Å². The van der Waals surface area contributed by atoms with Crippen LogP contribution in [0.25, 0.3) is 0 Å². The zero-order valence-electron chi connectivity index (χ0n) is 8.74. The second kappa shape index (κ2) is 5.14. The zero-order chi connectivity index (χ0) is 11.4. The van der Waals surface area contributed by atoms with Crippen molar-refractivity contribution in [2.24, 2.45) is 0 Å². The first-order chi connectivity index (χ1) is 6.31. The summed E-state index contributed by atoms with van der Waals surface area (Å²) >= 11 is 0. The van der Waals surface area contributed by atoms with Gasteiger partial charge in [-0.05, 0) is 20.3 Å². The Hall–Kier alpha value is -0.840. The second-order valence-corrected chi connectivity index (χ2v) is 5.52. The predicted molar refractivity (Wildman–Crippen MR) is 54.4 cm³/mol. The third-order valence-corrected chi connectivity index (χ3v) is 3.70. The monoisotopic (exact) mass is 220 g/mol. The Morgan fingerprint density at radius 3 is 2.36 bits per heavy atom. The molecule has 0 rings (SSSR count). The van der Waals surface area contributed by atoms with Gasteiger partial charge in [-0.15, -0.1) is 0 Å². The van der Waals surface area contributed by atoms with E-state index < -0.39 is 21.2 Å². The number of sulfone groups is 1. The molecule has 1 unspecified atom stereocenters. The minimum Gasteiger partial charge on any atom is -0.443 e. The van der Waals surface area contributed by atoms with Crippen LogP contribution < -0.4 is 0 Å². The lowest BCUT2D eigenvalue weighted by Crippen LogP contribution is -2.26. The minimum absolute atomic E-state index is 0.0254. The summed E-state index contributed by atoms with van der Waals surface area (Å²) in [5, 5.41) is 0. The fraction of sp³-hybridized carbons (Fsp3) is 0.667. The molecule has 0 fully saturated rings. The molecule has 0 aliphatic carbocycles. The Labute approximate surface area is 84.9 Å². The van der Waals surface area contributed by atoms with Gasteiger partial charge in [0.25, 0.3) is 0 Å². The van der Waals surface area contributed by atoms with Crippen molar-refractivity contribution in [3.8, 4) is 0 Å². The number of carbonyl (C=O) groups excluding carboxylic acids is 1. The Morgan fingerprint density at radius 2 is 2.00 bits per heavy atom. The summed E-state index contributed by atoms with van der Waals surface area (Å²) in [4.78, 5) is 11.0. The molecule has 1 atom stereocenters. The van der Waals surface area contributed by atoms with Crippen LogP contribution in [0.3, 0.4) is 0 Å². The van der Waals surface area contributed by atoms with Crippen LogP contribution in [0.15, 0.2) is 12.2 Å². The molecule has 0 heterocycles. The van der Waals surface area contributed by atoms with Crippen LogP contribution in [-0.4, -0.2) is 25.6 Å². The van der Waals surface area contributed by atoms with Crippen LogP contribution in [-0.2, 0) is 19.4 Å². The van der Waals surface area contributed by atoms with Gasteiger partial charge in [-0.25, -0.2) is 13.2 Å². The molecule has 0 radical (unpaired) electrons. The lowest BCUT2D eigenvalue weighted by molar-refractivity contribution is -0.140. The van der Waals surface area contributed by atoms with Crippen molar-refractivity contribution in [1.29, 1.82) is 0 Å². The maximum Gasteiger partial charge on any atom is 0.334 e. The summed E-state index contributed by atoms with van der Waals surface area (Å²) in [5.41, 5.74) is -0.893. The summed E-state index contributed by atoms with van der Waals surface area (Å²) in [5.74, 6) is -0.644. The topological polar surface area (TPSA) is 60.4 Å². The van der Waals surface area contributed by atoms with Crippen LogP contribution >= 0.6 is 0 Å². The first kappa shape index (κ1) is 13.2. The fourth-order valence-corrected chi connectivity index (χ4v) is 1.91. The largest absolute Gasteiger partial charge is 0.443 e. The minimum atomic E-state index is -3.32. The summed E-state index contributed by atoms with van der Waals surface area (Å²) in [6, 6.07) is 0. The molecule has 0 N–H and O–H groups in total. The molecule has 5 heteroatoms. The van der Waals surface area contributed by atoms with Gasteiger partial charge in [0.05, 0.1) is 5.75 Å². The number of ether oxygens (including phenoxy) is 1. The van der Waals surface area contributed by atoms with Crippen LogP contribution in [0.2, 0.25) is 0 Å². The zero-order valence-corrected chi connectivity index (χ0v) is 9.56. The van der Waals surface area contributed by atoms with Crippen LogP contribution in [0.5, 0.6) is 0 Å². The van der Waals surface area contributed by atoms with Gasteiger partial charge in [-0.2, -0.15) is 0 Å². The van der Waals surface area contributed by atoms with Gasteiger partial charge >= 0.3 is 5.97 Å².